The number of nitrogens with zero attached hydrogens (tertiary/aromatic N) is 2. The molecule has 0 radical (unpaired) electrons. The van der Waals surface area contributed by atoms with Crippen LogP contribution < -0.4 is 0 Å². The van der Waals surface area contributed by atoms with E-state index >= 15 is 0 Å². The van der Waals surface area contributed by atoms with Gasteiger partial charge in [0.15, 0.2) is 5.78 Å². The van der Waals surface area contributed by atoms with Crippen LogP contribution in [0.5, 0.6) is 0 Å². The first-order valence-electron chi connectivity index (χ1n) is 5.17. The van der Waals surface area contributed by atoms with Gasteiger partial charge in [-0.2, -0.15) is 0 Å². The first-order chi connectivity index (χ1) is 7.06. The van der Waals surface area contributed by atoms with Crippen molar-refractivity contribution in [1.29, 1.82) is 0 Å². The van der Waals surface area contributed by atoms with Crippen LogP contribution in [0.1, 0.15) is 13.3 Å². The Hall–Kier alpha value is -1.10. The van der Waals surface area contributed by atoms with Crippen molar-refractivity contribution in [2.45, 2.75) is 19.4 Å². The number of ketones is 1. The van der Waals surface area contributed by atoms with Crippen LogP contribution in [-0.2, 0) is 9.53 Å². The Morgan fingerprint density at radius 3 is 2.73 bits per heavy atom. The van der Waals surface area contributed by atoms with E-state index in [9.17, 15) is 9.59 Å². The fraction of sp³-hybridized carbons (Fsp3) is 0.800. The number of likely N-dealkylation sites (tertiary alicyclic amines) is 1. The summed E-state index contributed by atoms with van der Waals surface area (Å²) in [6.45, 7) is 2.86. The molecule has 1 amide bonds. The molecule has 0 aromatic heterocycles. The average Bonchev–Trinajstić information content (AvgIpc) is 2.17. The van der Waals surface area contributed by atoms with Gasteiger partial charge in [0.1, 0.15) is 0 Å². The Bertz CT molecular complexity index is 253. The lowest BCUT2D eigenvalue weighted by atomic mass is 10.0. The van der Waals surface area contributed by atoms with Crippen LogP contribution in [0.2, 0.25) is 0 Å². The SMILES string of the molecule is CCOC(=O)N1CCC(N(C)C)C(=O)C1. The maximum atomic E-state index is 11.7. The molecule has 15 heavy (non-hydrogen) atoms. The molecule has 1 saturated heterocycles. The van der Waals surface area contributed by atoms with Gasteiger partial charge in [0.05, 0.1) is 19.2 Å². The number of piperidine rings is 1. The van der Waals surface area contributed by atoms with Gasteiger partial charge in [-0.3, -0.25) is 9.69 Å². The largest absolute Gasteiger partial charge is 0.450 e. The van der Waals surface area contributed by atoms with Crippen molar-refractivity contribution in [3.05, 3.63) is 0 Å². The second kappa shape index (κ2) is 5.11. The van der Waals surface area contributed by atoms with Crippen molar-refractivity contribution in [3.8, 4) is 0 Å². The van der Waals surface area contributed by atoms with Crippen molar-refractivity contribution in [2.75, 3.05) is 33.8 Å². The van der Waals surface area contributed by atoms with Gasteiger partial charge in [-0.25, -0.2) is 4.79 Å². The highest BCUT2D eigenvalue weighted by atomic mass is 16.6. The van der Waals surface area contributed by atoms with Gasteiger partial charge in [0.25, 0.3) is 0 Å². The van der Waals surface area contributed by atoms with Crippen LogP contribution in [0, 0.1) is 0 Å². The summed E-state index contributed by atoms with van der Waals surface area (Å²) >= 11 is 0. The molecule has 0 aromatic rings. The zero-order valence-corrected chi connectivity index (χ0v) is 9.52. The zero-order valence-electron chi connectivity index (χ0n) is 9.52. The molecule has 0 N–H and O–H groups in total. The standard InChI is InChI=1S/C10H18N2O3/c1-4-15-10(14)12-6-5-8(11(2)3)9(13)7-12/h8H,4-7H2,1-3H3. The molecule has 1 unspecified atom stereocenters. The Kier molecular flexibility index (Phi) is 4.08. The smallest absolute Gasteiger partial charge is 0.410 e. The molecule has 0 spiro atoms. The average molecular weight is 214 g/mol. The summed E-state index contributed by atoms with van der Waals surface area (Å²) in [5.74, 6) is 0.0827. The van der Waals surface area contributed by atoms with Crippen LogP contribution in [0.4, 0.5) is 4.79 Å². The summed E-state index contributed by atoms with van der Waals surface area (Å²) in [7, 11) is 3.76. The number of carbonyl (C=O) groups is 2. The van der Waals surface area contributed by atoms with Crippen molar-refractivity contribution in [2.24, 2.45) is 0 Å². The molecular formula is C10H18N2O3. The maximum Gasteiger partial charge on any atom is 0.410 e. The van der Waals surface area contributed by atoms with E-state index in [1.807, 2.05) is 19.0 Å². The minimum atomic E-state index is -0.386. The molecule has 1 atom stereocenters. The van der Waals surface area contributed by atoms with Crippen LogP contribution in [0.25, 0.3) is 0 Å². The summed E-state index contributed by atoms with van der Waals surface area (Å²) in [5.41, 5.74) is 0. The minimum absolute atomic E-state index is 0.0596. The maximum absolute atomic E-state index is 11.7. The number of rotatable bonds is 2. The van der Waals surface area contributed by atoms with E-state index in [2.05, 4.69) is 0 Å². The van der Waals surface area contributed by atoms with Gasteiger partial charge < -0.3 is 9.64 Å². The van der Waals surface area contributed by atoms with E-state index in [0.29, 0.717) is 19.6 Å². The van der Waals surface area contributed by atoms with E-state index in [0.717, 1.165) is 0 Å². The topological polar surface area (TPSA) is 49.9 Å². The van der Waals surface area contributed by atoms with Crippen LogP contribution >= 0.6 is 0 Å². The van der Waals surface area contributed by atoms with Crippen LogP contribution in [-0.4, -0.2) is 61.5 Å². The van der Waals surface area contributed by atoms with Crippen LogP contribution in [0.3, 0.4) is 0 Å². The lowest BCUT2D eigenvalue weighted by molar-refractivity contribution is -0.126. The number of hydrogen-bond donors (Lipinski definition) is 0. The highest BCUT2D eigenvalue weighted by Crippen LogP contribution is 2.12. The molecule has 0 aliphatic carbocycles. The molecule has 1 rings (SSSR count). The Morgan fingerprint density at radius 2 is 2.27 bits per heavy atom. The lowest BCUT2D eigenvalue weighted by Crippen LogP contribution is -2.51. The van der Waals surface area contributed by atoms with Gasteiger partial charge >= 0.3 is 6.09 Å². The van der Waals surface area contributed by atoms with E-state index < -0.39 is 0 Å². The third-order valence-electron chi connectivity index (χ3n) is 2.54. The molecule has 1 aliphatic rings. The highest BCUT2D eigenvalue weighted by Gasteiger charge is 2.31. The second-order valence-corrected chi connectivity index (χ2v) is 3.85. The first kappa shape index (κ1) is 12.0. The lowest BCUT2D eigenvalue weighted by Gasteiger charge is -2.33. The summed E-state index contributed by atoms with van der Waals surface area (Å²) in [5, 5.41) is 0. The molecule has 1 fully saturated rings. The number of amides is 1. The van der Waals surface area contributed by atoms with Gasteiger partial charge in [-0.1, -0.05) is 0 Å². The Balaban J connectivity index is 2.51. The molecular weight excluding hydrogens is 196 g/mol. The van der Waals surface area contributed by atoms with Crippen molar-refractivity contribution in [3.63, 3.8) is 0 Å². The summed E-state index contributed by atoms with van der Waals surface area (Å²) < 4.78 is 4.85. The van der Waals surface area contributed by atoms with E-state index in [1.54, 1.807) is 6.92 Å². The number of Topliss-reactive ketones (excluding diaryl/α,β-unsaturated/α-hetero) is 1. The van der Waals surface area contributed by atoms with Gasteiger partial charge in [-0.15, -0.1) is 0 Å². The zero-order chi connectivity index (χ0) is 11.4. The van der Waals surface area contributed by atoms with E-state index in [4.69, 9.17) is 4.74 Å². The van der Waals surface area contributed by atoms with Gasteiger partial charge in [0, 0.05) is 6.54 Å². The molecule has 0 bridgehead atoms. The summed E-state index contributed by atoms with van der Waals surface area (Å²) in [6, 6.07) is -0.0596. The fourth-order valence-electron chi connectivity index (χ4n) is 1.73. The predicted molar refractivity (Wildman–Crippen MR) is 55.7 cm³/mol. The van der Waals surface area contributed by atoms with E-state index in [-0.39, 0.29) is 24.5 Å². The van der Waals surface area contributed by atoms with Gasteiger partial charge in [-0.05, 0) is 27.4 Å². The minimum Gasteiger partial charge on any atom is -0.450 e. The molecule has 86 valence electrons. The normalized spacial score (nSPS) is 22.0. The molecule has 1 aliphatic heterocycles. The molecule has 0 aromatic carbocycles. The molecule has 5 nitrogen and oxygen atoms in total. The first-order valence-corrected chi connectivity index (χ1v) is 5.17. The number of ether oxygens (including phenoxy) is 1. The fourth-order valence-corrected chi connectivity index (χ4v) is 1.73. The van der Waals surface area contributed by atoms with Crippen LogP contribution in [0.15, 0.2) is 0 Å². The monoisotopic (exact) mass is 214 g/mol. The molecule has 1 heterocycles. The summed E-state index contributed by atoms with van der Waals surface area (Å²) in [6.07, 6.45) is 0.299. The quantitative estimate of drug-likeness (QED) is 0.665. The third kappa shape index (κ3) is 2.92. The van der Waals surface area contributed by atoms with Crippen molar-refractivity contribution < 1.29 is 14.3 Å². The second-order valence-electron chi connectivity index (χ2n) is 3.85. The van der Waals surface area contributed by atoms with Gasteiger partial charge in [0.2, 0.25) is 0 Å². The number of carbonyl (C=O) groups excluding carboxylic acids is 2. The number of likely N-dealkylation sites (N-methyl/N-ethyl adjacent to an activating group) is 1. The Morgan fingerprint density at radius 1 is 1.60 bits per heavy atom. The summed E-state index contributed by atoms with van der Waals surface area (Å²) in [4.78, 5) is 26.4. The predicted octanol–water partition coefficient (Wildman–Crippen LogP) is 0.348. The van der Waals surface area contributed by atoms with Crippen molar-refractivity contribution in [1.82, 2.24) is 9.80 Å². The van der Waals surface area contributed by atoms with Crippen molar-refractivity contribution >= 4 is 11.9 Å². The Labute approximate surface area is 90.0 Å². The van der Waals surface area contributed by atoms with E-state index in [1.165, 1.54) is 4.90 Å². The number of hydrogen-bond acceptors (Lipinski definition) is 4. The molecule has 5 heteroatoms. The highest BCUT2D eigenvalue weighted by molar-refractivity contribution is 5.89. The molecule has 0 saturated carbocycles. The third-order valence-corrected chi connectivity index (χ3v) is 2.54.